The number of benzene rings is 1. The molecule has 0 amide bonds. The Balaban J connectivity index is 1.59. The Morgan fingerprint density at radius 1 is 0.818 bits per heavy atom. The maximum Gasteiger partial charge on any atom is 0.251 e. The second kappa shape index (κ2) is 9.66. The number of hydrogen-bond acceptors (Lipinski definition) is 0. The average Bonchev–Trinajstić information content (AvgIpc) is 2.85. The molecule has 0 aliphatic carbocycles. The first-order valence-corrected chi connectivity index (χ1v) is 9.30. The summed E-state index contributed by atoms with van der Waals surface area (Å²) >= 11 is 0. The van der Waals surface area contributed by atoms with E-state index in [-0.39, 0.29) is 0 Å². The van der Waals surface area contributed by atoms with E-state index in [0.29, 0.717) is 0 Å². The lowest BCUT2D eigenvalue weighted by Gasteiger charge is -2.02. The fourth-order valence-corrected chi connectivity index (χ4v) is 3.30. The number of aromatic amines is 1. The summed E-state index contributed by atoms with van der Waals surface area (Å²) in [5.74, 6) is 1.28. The standard InChI is InChI=1S/C20H32N2/c1-3-4-5-6-7-8-9-10-11-14-17-22-18(2)21-19-15-12-13-16-20(19)22/h12-13,15-16H,3-11,14,17H2,1-2H3/p+1. The van der Waals surface area contributed by atoms with Gasteiger partial charge >= 0.3 is 0 Å². The topological polar surface area (TPSA) is 19.7 Å². The Kier molecular flexibility index (Phi) is 7.48. The summed E-state index contributed by atoms with van der Waals surface area (Å²) in [5, 5.41) is 0. The minimum atomic E-state index is 1.15. The highest BCUT2D eigenvalue weighted by molar-refractivity contribution is 5.70. The van der Waals surface area contributed by atoms with Crippen molar-refractivity contribution in [3.05, 3.63) is 30.1 Å². The summed E-state index contributed by atoms with van der Waals surface area (Å²) in [5.41, 5.74) is 2.60. The smallest absolute Gasteiger partial charge is 0.241 e. The normalized spacial score (nSPS) is 11.4. The summed E-state index contributed by atoms with van der Waals surface area (Å²) in [6.07, 6.45) is 14.0. The third-order valence-corrected chi connectivity index (χ3v) is 4.65. The van der Waals surface area contributed by atoms with Crippen LogP contribution in [0.25, 0.3) is 11.0 Å². The highest BCUT2D eigenvalue weighted by atomic mass is 15.1. The van der Waals surface area contributed by atoms with Gasteiger partial charge in [-0.2, -0.15) is 0 Å². The van der Waals surface area contributed by atoms with Crippen LogP contribution in [0.5, 0.6) is 0 Å². The third-order valence-electron chi connectivity index (χ3n) is 4.65. The van der Waals surface area contributed by atoms with Crippen LogP contribution in [0.2, 0.25) is 0 Å². The maximum absolute atomic E-state index is 3.48. The second-order valence-corrected chi connectivity index (χ2v) is 6.56. The van der Waals surface area contributed by atoms with Gasteiger partial charge in [-0.25, -0.2) is 9.55 Å². The molecule has 0 fully saturated rings. The molecule has 2 aromatic rings. The van der Waals surface area contributed by atoms with Gasteiger partial charge in [-0.15, -0.1) is 0 Å². The molecule has 1 heterocycles. The van der Waals surface area contributed by atoms with Gasteiger partial charge in [0.15, 0.2) is 11.0 Å². The van der Waals surface area contributed by atoms with Crippen molar-refractivity contribution in [3.8, 4) is 0 Å². The number of para-hydroxylation sites is 2. The number of unbranched alkanes of at least 4 members (excludes halogenated alkanes) is 9. The Hall–Kier alpha value is -1.31. The lowest BCUT2D eigenvalue weighted by Crippen LogP contribution is -2.35. The molecule has 122 valence electrons. The Labute approximate surface area is 135 Å². The molecule has 0 saturated carbocycles. The van der Waals surface area contributed by atoms with Crippen LogP contribution in [0.4, 0.5) is 0 Å². The molecule has 2 nitrogen and oxygen atoms in total. The molecule has 0 aliphatic rings. The molecule has 0 saturated heterocycles. The van der Waals surface area contributed by atoms with Gasteiger partial charge in [0, 0.05) is 6.92 Å². The number of nitrogens with one attached hydrogen (secondary N) is 1. The van der Waals surface area contributed by atoms with E-state index in [1.54, 1.807) is 0 Å². The maximum atomic E-state index is 3.48. The predicted octanol–water partition coefficient (Wildman–Crippen LogP) is 5.68. The van der Waals surface area contributed by atoms with Gasteiger partial charge in [-0.05, 0) is 25.0 Å². The molecule has 2 rings (SSSR count). The van der Waals surface area contributed by atoms with Crippen molar-refractivity contribution in [2.75, 3.05) is 0 Å². The van der Waals surface area contributed by atoms with Crippen LogP contribution in [0.1, 0.15) is 77.0 Å². The van der Waals surface area contributed by atoms with Gasteiger partial charge in [0.1, 0.15) is 0 Å². The van der Waals surface area contributed by atoms with Gasteiger partial charge in [0.25, 0.3) is 5.82 Å². The van der Waals surface area contributed by atoms with E-state index in [4.69, 9.17) is 0 Å². The van der Waals surface area contributed by atoms with E-state index in [0.717, 1.165) is 6.54 Å². The van der Waals surface area contributed by atoms with E-state index in [9.17, 15) is 0 Å². The molecule has 0 aliphatic heterocycles. The van der Waals surface area contributed by atoms with Crippen LogP contribution in [-0.2, 0) is 6.54 Å². The molecular weight excluding hydrogens is 268 g/mol. The Morgan fingerprint density at radius 3 is 2.09 bits per heavy atom. The van der Waals surface area contributed by atoms with Gasteiger partial charge < -0.3 is 0 Å². The second-order valence-electron chi connectivity index (χ2n) is 6.56. The van der Waals surface area contributed by atoms with Crippen molar-refractivity contribution in [3.63, 3.8) is 0 Å². The van der Waals surface area contributed by atoms with Crippen molar-refractivity contribution >= 4 is 11.0 Å². The molecule has 1 aromatic heterocycles. The van der Waals surface area contributed by atoms with Gasteiger partial charge in [0.05, 0.1) is 6.54 Å². The van der Waals surface area contributed by atoms with Crippen LogP contribution < -0.4 is 4.57 Å². The SMILES string of the molecule is CCCCCCCCCCCC[n+]1c(C)[nH]c2ccccc21. The number of nitrogens with zero attached hydrogens (tertiary/aromatic N) is 1. The van der Waals surface area contributed by atoms with E-state index in [1.165, 1.54) is 81.1 Å². The molecule has 22 heavy (non-hydrogen) atoms. The van der Waals surface area contributed by atoms with Crippen LogP contribution >= 0.6 is 0 Å². The number of hydrogen-bond donors (Lipinski definition) is 1. The molecule has 0 atom stereocenters. The fraction of sp³-hybridized carbons (Fsp3) is 0.650. The quantitative estimate of drug-likeness (QED) is 0.406. The van der Waals surface area contributed by atoms with Crippen molar-refractivity contribution in [2.24, 2.45) is 0 Å². The summed E-state index contributed by atoms with van der Waals surface area (Å²) in [4.78, 5) is 3.48. The van der Waals surface area contributed by atoms with Crippen molar-refractivity contribution in [2.45, 2.75) is 84.6 Å². The highest BCUT2D eigenvalue weighted by Gasteiger charge is 2.13. The molecule has 0 bridgehead atoms. The summed E-state index contributed by atoms with van der Waals surface area (Å²) in [6, 6.07) is 8.61. The first-order valence-electron chi connectivity index (χ1n) is 9.30. The lowest BCUT2D eigenvalue weighted by molar-refractivity contribution is -0.677. The molecule has 0 unspecified atom stereocenters. The largest absolute Gasteiger partial charge is 0.251 e. The van der Waals surface area contributed by atoms with Gasteiger partial charge in [0.2, 0.25) is 0 Å². The Bertz CT molecular complexity index is 542. The summed E-state index contributed by atoms with van der Waals surface area (Å²) in [6.45, 7) is 5.61. The van der Waals surface area contributed by atoms with Gasteiger partial charge in [-0.3, -0.25) is 0 Å². The zero-order valence-corrected chi connectivity index (χ0v) is 14.5. The minimum Gasteiger partial charge on any atom is -0.241 e. The first-order chi connectivity index (χ1) is 10.8. The lowest BCUT2D eigenvalue weighted by atomic mass is 10.1. The molecule has 1 N–H and O–H groups in total. The number of aryl methyl sites for hydroxylation is 2. The monoisotopic (exact) mass is 301 g/mol. The van der Waals surface area contributed by atoms with Crippen LogP contribution in [0.15, 0.2) is 24.3 Å². The Morgan fingerprint density at radius 2 is 1.41 bits per heavy atom. The number of H-pyrrole nitrogens is 1. The van der Waals surface area contributed by atoms with Crippen molar-refractivity contribution in [1.82, 2.24) is 4.98 Å². The third kappa shape index (κ3) is 5.15. The summed E-state index contributed by atoms with van der Waals surface area (Å²) in [7, 11) is 0. The molecule has 0 spiro atoms. The predicted molar refractivity (Wildman–Crippen MR) is 95.1 cm³/mol. The van der Waals surface area contributed by atoms with E-state index in [1.807, 2.05) is 0 Å². The molecule has 1 aromatic carbocycles. The average molecular weight is 301 g/mol. The summed E-state index contributed by atoms with van der Waals surface area (Å²) < 4.78 is 2.43. The zero-order chi connectivity index (χ0) is 15.6. The first kappa shape index (κ1) is 17.1. The minimum absolute atomic E-state index is 1.15. The highest BCUT2D eigenvalue weighted by Crippen LogP contribution is 2.12. The van der Waals surface area contributed by atoms with E-state index in [2.05, 4.69) is 47.7 Å². The van der Waals surface area contributed by atoms with Crippen LogP contribution in [-0.4, -0.2) is 4.98 Å². The number of fused-ring (bicyclic) bond motifs is 1. The molecule has 0 radical (unpaired) electrons. The number of rotatable bonds is 11. The van der Waals surface area contributed by atoms with Crippen molar-refractivity contribution < 1.29 is 4.57 Å². The number of imidazole rings is 1. The zero-order valence-electron chi connectivity index (χ0n) is 14.5. The molecular formula is C20H33N2+. The van der Waals surface area contributed by atoms with E-state index >= 15 is 0 Å². The fourth-order valence-electron chi connectivity index (χ4n) is 3.30. The van der Waals surface area contributed by atoms with Gasteiger partial charge in [-0.1, -0.05) is 70.4 Å². The van der Waals surface area contributed by atoms with Crippen molar-refractivity contribution in [1.29, 1.82) is 0 Å². The van der Waals surface area contributed by atoms with Crippen LogP contribution in [0, 0.1) is 6.92 Å². The van der Waals surface area contributed by atoms with Crippen LogP contribution in [0.3, 0.4) is 0 Å². The molecule has 2 heteroatoms. The number of aromatic nitrogens is 2. The van der Waals surface area contributed by atoms with E-state index < -0.39 is 0 Å².